The number of fused-ring (bicyclic) bond motifs is 7. The normalized spacial score (nSPS) is 11.7. The van der Waals surface area contributed by atoms with Crippen molar-refractivity contribution in [2.24, 2.45) is 0 Å². The van der Waals surface area contributed by atoms with E-state index in [9.17, 15) is 0 Å². The highest BCUT2D eigenvalue weighted by Crippen LogP contribution is 2.46. The fourth-order valence-electron chi connectivity index (χ4n) is 7.96. The summed E-state index contributed by atoms with van der Waals surface area (Å²) in [6.07, 6.45) is 0. The van der Waals surface area contributed by atoms with Gasteiger partial charge in [0.05, 0.1) is 21.4 Å². The molecule has 11 aromatic rings. The van der Waals surface area contributed by atoms with Gasteiger partial charge in [-0.25, -0.2) is 9.97 Å². The van der Waals surface area contributed by atoms with Crippen LogP contribution in [0.2, 0.25) is 0 Å². The van der Waals surface area contributed by atoms with Crippen molar-refractivity contribution >= 4 is 65.2 Å². The number of aromatic nitrogens is 2. The van der Waals surface area contributed by atoms with E-state index in [1.807, 2.05) is 12.1 Å². The number of thiazole rings is 1. The minimum absolute atomic E-state index is 0.860. The summed E-state index contributed by atoms with van der Waals surface area (Å²) in [6, 6.07) is 64.4. The van der Waals surface area contributed by atoms with Gasteiger partial charge in [0, 0.05) is 43.6 Å². The fourth-order valence-corrected chi connectivity index (χ4v) is 8.97. The van der Waals surface area contributed by atoms with Gasteiger partial charge in [-0.15, -0.1) is 11.3 Å². The molecule has 54 heavy (non-hydrogen) atoms. The Balaban J connectivity index is 1.08. The molecule has 0 aliphatic heterocycles. The van der Waals surface area contributed by atoms with Crippen molar-refractivity contribution in [3.63, 3.8) is 0 Å². The van der Waals surface area contributed by atoms with Gasteiger partial charge in [0.15, 0.2) is 0 Å². The van der Waals surface area contributed by atoms with Gasteiger partial charge in [0.25, 0.3) is 0 Å². The molecular weight excluding hydrogens is 677 g/mol. The Morgan fingerprint density at radius 1 is 0.370 bits per heavy atom. The monoisotopic (exact) mass is 706 g/mol. The summed E-state index contributed by atoms with van der Waals surface area (Å²) in [5, 5.41) is 6.66. The van der Waals surface area contributed by atoms with Crippen LogP contribution in [-0.2, 0) is 0 Å². The van der Waals surface area contributed by atoms with Gasteiger partial charge in [-0.05, 0) is 70.3 Å². The fraction of sp³-hybridized carbons (Fsp3) is 0. The van der Waals surface area contributed by atoms with Crippen LogP contribution in [0.5, 0.6) is 0 Å². The lowest BCUT2D eigenvalue weighted by Crippen LogP contribution is -1.93. The lowest BCUT2D eigenvalue weighted by Gasteiger charge is -2.16. The summed E-state index contributed by atoms with van der Waals surface area (Å²) in [6.45, 7) is 0. The van der Waals surface area contributed by atoms with Crippen molar-refractivity contribution in [1.82, 2.24) is 9.97 Å². The molecule has 252 valence electrons. The van der Waals surface area contributed by atoms with Crippen LogP contribution in [-0.4, -0.2) is 9.97 Å². The highest BCUT2D eigenvalue weighted by molar-refractivity contribution is 7.21. The quantitative estimate of drug-likeness (QED) is 0.167. The maximum atomic E-state index is 6.59. The predicted molar refractivity (Wildman–Crippen MR) is 227 cm³/mol. The van der Waals surface area contributed by atoms with E-state index in [1.54, 1.807) is 11.3 Å². The largest absolute Gasteiger partial charge is 0.456 e. The van der Waals surface area contributed by atoms with Crippen LogP contribution in [0.3, 0.4) is 0 Å². The van der Waals surface area contributed by atoms with E-state index in [4.69, 9.17) is 14.4 Å². The van der Waals surface area contributed by atoms with E-state index in [0.29, 0.717) is 0 Å². The second-order valence-corrected chi connectivity index (χ2v) is 14.7. The second-order valence-electron chi connectivity index (χ2n) is 13.7. The molecule has 0 unspecified atom stereocenters. The molecule has 0 bridgehead atoms. The van der Waals surface area contributed by atoms with Crippen molar-refractivity contribution in [3.8, 4) is 55.2 Å². The van der Waals surface area contributed by atoms with Crippen LogP contribution >= 0.6 is 11.3 Å². The molecule has 0 atom stereocenters. The summed E-state index contributed by atoms with van der Waals surface area (Å²) in [4.78, 5) is 10.3. The summed E-state index contributed by atoms with van der Waals surface area (Å²) >= 11 is 1.74. The summed E-state index contributed by atoms with van der Waals surface area (Å²) < 4.78 is 7.78. The van der Waals surface area contributed by atoms with Gasteiger partial charge in [0.1, 0.15) is 16.2 Å². The Hall–Kier alpha value is -6.88. The first-order valence-corrected chi connectivity index (χ1v) is 19.0. The first kappa shape index (κ1) is 30.7. The van der Waals surface area contributed by atoms with Crippen LogP contribution in [0.15, 0.2) is 186 Å². The number of pyridine rings is 1. The number of hydrogen-bond acceptors (Lipinski definition) is 4. The number of nitrogens with zero attached hydrogens (tertiary/aromatic N) is 2. The molecule has 3 heterocycles. The van der Waals surface area contributed by atoms with Gasteiger partial charge < -0.3 is 4.42 Å². The van der Waals surface area contributed by atoms with Gasteiger partial charge >= 0.3 is 0 Å². The van der Waals surface area contributed by atoms with Gasteiger partial charge in [-0.3, -0.25) is 0 Å². The molecule has 8 aromatic carbocycles. The van der Waals surface area contributed by atoms with Crippen LogP contribution in [0.25, 0.3) is 109 Å². The molecule has 0 spiro atoms. The number of benzene rings is 8. The van der Waals surface area contributed by atoms with E-state index in [0.717, 1.165) is 82.3 Å². The minimum atomic E-state index is 0.860. The van der Waals surface area contributed by atoms with E-state index in [2.05, 4.69) is 170 Å². The smallest absolute Gasteiger partial charge is 0.136 e. The Labute approximate surface area is 315 Å². The lowest BCUT2D eigenvalue weighted by atomic mass is 9.89. The average Bonchev–Trinajstić information content (AvgIpc) is 3.85. The summed E-state index contributed by atoms with van der Waals surface area (Å²) in [5.74, 6) is 0. The third-order valence-corrected chi connectivity index (χ3v) is 11.5. The first-order chi connectivity index (χ1) is 26.7. The molecule has 11 rings (SSSR count). The van der Waals surface area contributed by atoms with E-state index >= 15 is 0 Å². The molecule has 4 heteroatoms. The Morgan fingerprint density at radius 2 is 0.981 bits per heavy atom. The highest BCUT2D eigenvalue weighted by Gasteiger charge is 2.21. The topological polar surface area (TPSA) is 38.9 Å². The summed E-state index contributed by atoms with van der Waals surface area (Å²) in [5.41, 5.74) is 13.8. The molecule has 0 saturated heterocycles. The van der Waals surface area contributed by atoms with E-state index in [1.165, 1.54) is 26.8 Å². The maximum absolute atomic E-state index is 6.59. The molecule has 3 aromatic heterocycles. The van der Waals surface area contributed by atoms with Crippen molar-refractivity contribution in [2.45, 2.75) is 0 Å². The van der Waals surface area contributed by atoms with Gasteiger partial charge in [-0.2, -0.15) is 0 Å². The predicted octanol–water partition coefficient (Wildman–Crippen LogP) is 14.2. The van der Waals surface area contributed by atoms with Crippen LogP contribution in [0.1, 0.15) is 0 Å². The molecule has 3 nitrogen and oxygen atoms in total. The van der Waals surface area contributed by atoms with Gasteiger partial charge in [-0.1, -0.05) is 140 Å². The lowest BCUT2D eigenvalue weighted by molar-refractivity contribution is 0.669. The van der Waals surface area contributed by atoms with Crippen molar-refractivity contribution in [1.29, 1.82) is 0 Å². The molecule has 0 fully saturated rings. The SMILES string of the molecule is c1ccc(-c2nc3ccc(-c4cccc(-c5cccc(-c6nc7ccccc7c7c(-c8ccccc8)c8c(cc67)oc6ccccc68)c5)c4)cc3s2)cc1. The van der Waals surface area contributed by atoms with Crippen LogP contribution in [0, 0.1) is 0 Å². The van der Waals surface area contributed by atoms with E-state index in [-0.39, 0.29) is 0 Å². The van der Waals surface area contributed by atoms with Crippen LogP contribution in [0.4, 0.5) is 0 Å². The zero-order valence-electron chi connectivity index (χ0n) is 29.0. The maximum Gasteiger partial charge on any atom is 0.136 e. The Kier molecular flexibility index (Phi) is 7.04. The Bertz CT molecular complexity index is 3220. The molecule has 0 saturated carbocycles. The molecule has 0 aliphatic carbocycles. The zero-order chi connectivity index (χ0) is 35.6. The van der Waals surface area contributed by atoms with E-state index < -0.39 is 0 Å². The second kappa shape index (κ2) is 12.4. The van der Waals surface area contributed by atoms with Crippen LogP contribution < -0.4 is 0 Å². The average molecular weight is 707 g/mol. The molecule has 0 N–H and O–H groups in total. The first-order valence-electron chi connectivity index (χ1n) is 18.1. The molecular formula is C50H30N2OS. The number of para-hydroxylation sites is 2. The number of rotatable bonds is 5. The molecule has 0 radical (unpaired) electrons. The Morgan fingerprint density at radius 3 is 1.76 bits per heavy atom. The standard InChI is InChI=1S/C50H30N2OS/c1-3-13-31(14-4-1)46-47-38-21-7-9-23-41(38)51-49(40(47)30-44-48(46)39-22-8-10-24-43(39)53-44)37-20-12-19-35(28-37)33-17-11-18-34(27-33)36-25-26-42-45(29-36)54-50(52-42)32-15-5-2-6-16-32/h1-30H. The van der Waals surface area contributed by atoms with Crippen molar-refractivity contribution < 1.29 is 4.42 Å². The third-order valence-electron chi connectivity index (χ3n) is 10.5. The third kappa shape index (κ3) is 5.03. The minimum Gasteiger partial charge on any atom is -0.456 e. The molecule has 0 aliphatic rings. The van der Waals surface area contributed by atoms with Crippen molar-refractivity contribution in [2.75, 3.05) is 0 Å². The number of hydrogen-bond donors (Lipinski definition) is 0. The summed E-state index contributed by atoms with van der Waals surface area (Å²) in [7, 11) is 0. The highest BCUT2D eigenvalue weighted by atomic mass is 32.1. The zero-order valence-corrected chi connectivity index (χ0v) is 29.8. The van der Waals surface area contributed by atoms with Crippen molar-refractivity contribution in [3.05, 3.63) is 182 Å². The van der Waals surface area contributed by atoms with Gasteiger partial charge in [0.2, 0.25) is 0 Å². The molecule has 0 amide bonds. The number of furan rings is 1.